The summed E-state index contributed by atoms with van der Waals surface area (Å²) in [5, 5.41) is 13.4. The van der Waals surface area contributed by atoms with Gasteiger partial charge in [-0.1, -0.05) is 48.5 Å². The van der Waals surface area contributed by atoms with Crippen LogP contribution in [0.15, 0.2) is 66.9 Å². The van der Waals surface area contributed by atoms with Crippen LogP contribution in [0.2, 0.25) is 0 Å². The van der Waals surface area contributed by atoms with E-state index in [0.717, 1.165) is 27.9 Å². The average Bonchev–Trinajstić information content (AvgIpc) is 3.59. The van der Waals surface area contributed by atoms with Gasteiger partial charge in [-0.25, -0.2) is 9.59 Å². The fourth-order valence-electron chi connectivity index (χ4n) is 5.65. The molecule has 1 aliphatic heterocycles. The Hall–Kier alpha value is -4.11. The van der Waals surface area contributed by atoms with Crippen molar-refractivity contribution in [1.29, 1.82) is 0 Å². The van der Waals surface area contributed by atoms with Crippen molar-refractivity contribution < 1.29 is 29.0 Å². The summed E-state index contributed by atoms with van der Waals surface area (Å²) >= 11 is 0. The van der Waals surface area contributed by atoms with Crippen molar-refractivity contribution >= 4 is 18.0 Å². The molecule has 210 valence electrons. The van der Waals surface area contributed by atoms with E-state index in [4.69, 9.17) is 9.47 Å². The first-order chi connectivity index (χ1) is 19.0. The van der Waals surface area contributed by atoms with Crippen molar-refractivity contribution in [2.24, 2.45) is 7.05 Å². The third-order valence-corrected chi connectivity index (χ3v) is 7.68. The summed E-state index contributed by atoms with van der Waals surface area (Å²) in [6.45, 7) is 5.25. The van der Waals surface area contributed by atoms with Crippen LogP contribution >= 0.6 is 0 Å². The largest absolute Gasteiger partial charge is 0.480 e. The van der Waals surface area contributed by atoms with Crippen molar-refractivity contribution in [2.75, 3.05) is 13.2 Å². The summed E-state index contributed by atoms with van der Waals surface area (Å²) in [6, 6.07) is 18.7. The molecule has 3 aromatic rings. The molecule has 1 saturated heterocycles. The summed E-state index contributed by atoms with van der Waals surface area (Å²) in [4.78, 5) is 40.7. The number of ether oxygens (including phenoxy) is 2. The molecule has 0 spiro atoms. The van der Waals surface area contributed by atoms with Gasteiger partial charge in [0.15, 0.2) is 0 Å². The normalized spacial score (nSPS) is 20.2. The van der Waals surface area contributed by atoms with E-state index in [9.17, 15) is 19.5 Å². The number of carboxylic acid groups (broad SMARTS) is 1. The highest BCUT2D eigenvalue weighted by atomic mass is 16.6. The lowest BCUT2D eigenvalue weighted by atomic mass is 9.95. The first-order valence-electron chi connectivity index (χ1n) is 13.4. The molecule has 0 bridgehead atoms. The quantitative estimate of drug-likeness (QED) is 0.426. The third kappa shape index (κ3) is 5.21. The topological polar surface area (TPSA) is 110 Å². The van der Waals surface area contributed by atoms with Crippen LogP contribution in [-0.4, -0.2) is 62.9 Å². The Bertz CT molecular complexity index is 1400. The van der Waals surface area contributed by atoms with Crippen LogP contribution in [0, 0.1) is 0 Å². The second kappa shape index (κ2) is 10.5. The van der Waals surface area contributed by atoms with Crippen LogP contribution < -0.4 is 5.32 Å². The maximum atomic E-state index is 13.6. The predicted molar refractivity (Wildman–Crippen MR) is 149 cm³/mol. The van der Waals surface area contributed by atoms with Crippen molar-refractivity contribution in [1.82, 2.24) is 14.8 Å². The molecule has 5 rings (SSSR count). The van der Waals surface area contributed by atoms with E-state index in [1.807, 2.05) is 66.3 Å². The standard InChI is InChI=1S/C31H35N3O6/c1-30(2,3)40-27(35)26-16-31(28(36)37,32-17-20-10-9-15-33(20)4)19-34(26)29(38)39-18-25-23-13-7-5-11-21(23)22-12-6-8-14-24(22)25/h5-15,25-26,32H,16-19H2,1-4H3,(H,36,37). The second-order valence-electron chi connectivity index (χ2n) is 11.5. The highest BCUT2D eigenvalue weighted by Gasteiger charge is 2.55. The summed E-state index contributed by atoms with van der Waals surface area (Å²) < 4.78 is 13.3. The first-order valence-corrected chi connectivity index (χ1v) is 13.4. The van der Waals surface area contributed by atoms with Gasteiger partial charge in [0.2, 0.25) is 0 Å². The molecule has 1 aromatic heterocycles. The number of hydrogen-bond acceptors (Lipinski definition) is 6. The summed E-state index contributed by atoms with van der Waals surface area (Å²) in [6.07, 6.45) is 0.971. The summed E-state index contributed by atoms with van der Waals surface area (Å²) in [7, 11) is 1.87. The number of fused-ring (bicyclic) bond motifs is 3. The molecule has 0 radical (unpaired) electrons. The molecule has 2 unspecified atom stereocenters. The fraction of sp³-hybridized carbons (Fsp3) is 0.387. The fourth-order valence-corrected chi connectivity index (χ4v) is 5.65. The molecule has 9 heteroatoms. The number of carbonyl (C=O) groups is 3. The number of aliphatic carboxylic acids is 1. The lowest BCUT2D eigenvalue weighted by Gasteiger charge is -2.27. The van der Waals surface area contributed by atoms with E-state index < -0.39 is 35.2 Å². The van der Waals surface area contributed by atoms with Gasteiger partial charge in [-0.15, -0.1) is 0 Å². The van der Waals surface area contributed by atoms with Crippen LogP contribution in [0.4, 0.5) is 4.79 Å². The lowest BCUT2D eigenvalue weighted by Crippen LogP contribution is -2.54. The van der Waals surface area contributed by atoms with E-state index in [0.29, 0.717) is 0 Å². The number of carbonyl (C=O) groups excluding carboxylic acids is 2. The van der Waals surface area contributed by atoms with Gasteiger partial charge in [-0.3, -0.25) is 15.0 Å². The number of amides is 1. The minimum absolute atomic E-state index is 0.0568. The van der Waals surface area contributed by atoms with E-state index >= 15 is 0 Å². The molecule has 1 aliphatic carbocycles. The number of nitrogens with one attached hydrogen (secondary N) is 1. The molecular weight excluding hydrogens is 510 g/mol. The van der Waals surface area contributed by atoms with Crippen LogP contribution in [0.1, 0.15) is 49.9 Å². The van der Waals surface area contributed by atoms with Crippen molar-refractivity contribution in [3.63, 3.8) is 0 Å². The monoisotopic (exact) mass is 545 g/mol. The SMILES string of the molecule is Cn1cccc1CNC1(C(=O)O)CC(C(=O)OC(C)(C)C)N(C(=O)OCC2c3ccccc3-c3ccccc32)C1. The Balaban J connectivity index is 1.38. The smallest absolute Gasteiger partial charge is 0.410 e. The van der Waals surface area contributed by atoms with Crippen LogP contribution in [0.25, 0.3) is 11.1 Å². The Kier molecular flexibility index (Phi) is 7.18. The first kappa shape index (κ1) is 27.5. The predicted octanol–water partition coefficient (Wildman–Crippen LogP) is 4.30. The molecule has 9 nitrogen and oxygen atoms in total. The molecule has 2 atom stereocenters. The molecule has 2 aromatic carbocycles. The average molecular weight is 546 g/mol. The van der Waals surface area contributed by atoms with Gasteiger partial charge in [0.1, 0.15) is 23.8 Å². The van der Waals surface area contributed by atoms with E-state index in [-0.39, 0.29) is 32.0 Å². The van der Waals surface area contributed by atoms with Gasteiger partial charge < -0.3 is 19.1 Å². The van der Waals surface area contributed by atoms with Crippen molar-refractivity contribution in [3.05, 3.63) is 83.7 Å². The number of nitrogens with zero attached hydrogens (tertiary/aromatic N) is 2. The summed E-state index contributed by atoms with van der Waals surface area (Å²) in [5.41, 5.74) is 2.82. The zero-order valence-electron chi connectivity index (χ0n) is 23.2. The molecule has 1 amide bonds. The van der Waals surface area contributed by atoms with Gasteiger partial charge in [-0.2, -0.15) is 0 Å². The number of benzene rings is 2. The number of hydrogen-bond donors (Lipinski definition) is 2. The minimum atomic E-state index is -1.56. The van der Waals surface area contributed by atoms with Crippen molar-refractivity contribution in [2.45, 2.75) is 56.8 Å². The zero-order chi connectivity index (χ0) is 28.7. The van der Waals surface area contributed by atoms with Gasteiger partial charge in [0, 0.05) is 37.8 Å². The Labute approximate surface area is 233 Å². The van der Waals surface area contributed by atoms with Gasteiger partial charge in [0.05, 0.1) is 6.54 Å². The third-order valence-electron chi connectivity index (χ3n) is 7.68. The molecule has 40 heavy (non-hydrogen) atoms. The molecule has 2 aliphatic rings. The molecule has 2 N–H and O–H groups in total. The second-order valence-corrected chi connectivity index (χ2v) is 11.5. The number of likely N-dealkylation sites (tertiary alicyclic amines) is 1. The Morgan fingerprint density at radius 1 is 1.00 bits per heavy atom. The number of rotatable bonds is 7. The Morgan fingerprint density at radius 2 is 1.62 bits per heavy atom. The maximum absolute atomic E-state index is 13.6. The summed E-state index contributed by atoms with van der Waals surface area (Å²) in [5.74, 6) is -1.98. The van der Waals surface area contributed by atoms with Crippen molar-refractivity contribution in [3.8, 4) is 11.1 Å². The maximum Gasteiger partial charge on any atom is 0.410 e. The van der Waals surface area contributed by atoms with Gasteiger partial charge >= 0.3 is 18.0 Å². The van der Waals surface area contributed by atoms with Gasteiger partial charge in [-0.05, 0) is 55.2 Å². The van der Waals surface area contributed by atoms with E-state index in [1.54, 1.807) is 20.8 Å². The van der Waals surface area contributed by atoms with Crippen LogP contribution in [0.5, 0.6) is 0 Å². The number of carboxylic acids is 1. The van der Waals surface area contributed by atoms with E-state index in [2.05, 4.69) is 17.4 Å². The minimum Gasteiger partial charge on any atom is -0.480 e. The lowest BCUT2D eigenvalue weighted by molar-refractivity contribution is -0.159. The highest BCUT2D eigenvalue weighted by Crippen LogP contribution is 2.44. The number of aromatic nitrogens is 1. The number of aryl methyl sites for hydroxylation is 1. The van der Waals surface area contributed by atoms with Crippen LogP contribution in [-0.2, 0) is 32.7 Å². The Morgan fingerprint density at radius 3 is 2.17 bits per heavy atom. The molecule has 2 heterocycles. The van der Waals surface area contributed by atoms with Crippen LogP contribution in [0.3, 0.4) is 0 Å². The zero-order valence-corrected chi connectivity index (χ0v) is 23.2. The number of esters is 1. The molecule has 0 saturated carbocycles. The highest BCUT2D eigenvalue weighted by molar-refractivity contribution is 5.88. The van der Waals surface area contributed by atoms with E-state index in [1.165, 1.54) is 4.90 Å². The molecule has 1 fully saturated rings. The molecular formula is C31H35N3O6. The van der Waals surface area contributed by atoms with Gasteiger partial charge in [0.25, 0.3) is 0 Å².